The Labute approximate surface area is 180 Å². The van der Waals surface area contributed by atoms with Crippen LogP contribution in [-0.2, 0) is 9.59 Å². The first-order valence-corrected chi connectivity index (χ1v) is 10.9. The zero-order valence-electron chi connectivity index (χ0n) is 17.5. The lowest BCUT2D eigenvalue weighted by atomic mass is 10.0. The van der Waals surface area contributed by atoms with Crippen molar-refractivity contribution in [1.82, 2.24) is 0 Å². The summed E-state index contributed by atoms with van der Waals surface area (Å²) in [6.07, 6.45) is 0. The molecule has 0 atom stereocenters. The van der Waals surface area contributed by atoms with Crippen molar-refractivity contribution in [3.05, 3.63) is 87.2 Å². The highest BCUT2D eigenvalue weighted by Crippen LogP contribution is 2.36. The summed E-state index contributed by atoms with van der Waals surface area (Å²) in [5.74, 6) is -0.254. The van der Waals surface area contributed by atoms with Crippen molar-refractivity contribution in [3.8, 4) is 0 Å². The summed E-state index contributed by atoms with van der Waals surface area (Å²) < 4.78 is 0. The van der Waals surface area contributed by atoms with Crippen LogP contribution in [0, 0.1) is 13.8 Å². The summed E-state index contributed by atoms with van der Waals surface area (Å²) in [5, 5.41) is 5.14. The Morgan fingerprint density at radius 2 is 1.63 bits per heavy atom. The number of nitrogens with one attached hydrogen (secondary N) is 1. The van der Waals surface area contributed by atoms with Gasteiger partial charge in [0.05, 0.1) is 11.3 Å². The van der Waals surface area contributed by atoms with Crippen molar-refractivity contribution in [1.29, 1.82) is 0 Å². The fourth-order valence-corrected chi connectivity index (χ4v) is 4.27. The van der Waals surface area contributed by atoms with E-state index in [-0.39, 0.29) is 11.8 Å². The zero-order valence-corrected chi connectivity index (χ0v) is 18.3. The lowest BCUT2D eigenvalue weighted by Gasteiger charge is -2.16. The number of nitrogens with zero attached hydrogens (tertiary/aromatic N) is 1. The number of hydrogen-bond donors (Lipinski definition) is 1. The van der Waals surface area contributed by atoms with E-state index in [1.807, 2.05) is 73.8 Å². The Morgan fingerprint density at radius 1 is 0.900 bits per heavy atom. The highest BCUT2D eigenvalue weighted by atomic mass is 32.1. The molecule has 0 saturated heterocycles. The molecule has 2 aromatic carbocycles. The number of benzene rings is 2. The molecule has 1 aliphatic heterocycles. The van der Waals surface area contributed by atoms with Crippen molar-refractivity contribution in [3.63, 3.8) is 0 Å². The lowest BCUT2D eigenvalue weighted by molar-refractivity contribution is -0.120. The van der Waals surface area contributed by atoms with E-state index in [1.54, 1.807) is 0 Å². The molecule has 1 aromatic heterocycles. The van der Waals surface area contributed by atoms with Crippen LogP contribution in [0.25, 0.3) is 5.57 Å². The van der Waals surface area contributed by atoms with E-state index < -0.39 is 0 Å². The monoisotopic (exact) mass is 416 g/mol. The van der Waals surface area contributed by atoms with Crippen LogP contribution < -0.4 is 10.2 Å². The molecule has 5 heteroatoms. The smallest absolute Gasteiger partial charge is 0.282 e. The predicted molar refractivity (Wildman–Crippen MR) is 124 cm³/mol. The highest BCUT2D eigenvalue weighted by Gasteiger charge is 2.40. The normalized spacial score (nSPS) is 14.2. The van der Waals surface area contributed by atoms with E-state index in [2.05, 4.69) is 19.2 Å². The molecule has 0 bridgehead atoms. The number of thiophene rings is 1. The maximum absolute atomic E-state index is 13.4. The average molecular weight is 417 g/mol. The van der Waals surface area contributed by atoms with Gasteiger partial charge in [0.1, 0.15) is 5.70 Å². The molecule has 0 saturated carbocycles. The topological polar surface area (TPSA) is 49.4 Å². The SMILES string of the molecule is Cc1ccc(NC2=C(c3cccs3)C(=O)N(c3ccc(C(C)C)cc3)C2=O)cc1C. The zero-order chi connectivity index (χ0) is 21.4. The summed E-state index contributed by atoms with van der Waals surface area (Å²) in [6.45, 7) is 8.30. The van der Waals surface area contributed by atoms with Gasteiger partial charge >= 0.3 is 0 Å². The van der Waals surface area contributed by atoms with Gasteiger partial charge in [0.2, 0.25) is 0 Å². The average Bonchev–Trinajstić information content (AvgIpc) is 3.32. The van der Waals surface area contributed by atoms with Gasteiger partial charge in [-0.05, 0) is 72.2 Å². The number of rotatable bonds is 5. The van der Waals surface area contributed by atoms with E-state index in [0.717, 1.165) is 21.7 Å². The standard InChI is InChI=1S/C25H24N2O2S/c1-15(2)18-8-11-20(12-9-18)27-24(28)22(21-6-5-13-30-21)23(25(27)29)26-19-10-7-16(3)17(4)14-19/h5-15,26H,1-4H3. The van der Waals surface area contributed by atoms with Gasteiger partial charge in [-0.2, -0.15) is 0 Å². The second kappa shape index (κ2) is 7.92. The lowest BCUT2D eigenvalue weighted by Crippen LogP contribution is -2.32. The largest absolute Gasteiger partial charge is 0.350 e. The molecule has 0 fully saturated rings. The Balaban J connectivity index is 1.75. The molecular weight excluding hydrogens is 392 g/mol. The molecule has 1 aliphatic rings. The van der Waals surface area contributed by atoms with E-state index in [4.69, 9.17) is 0 Å². The molecule has 1 N–H and O–H groups in total. The van der Waals surface area contributed by atoms with E-state index in [9.17, 15) is 9.59 Å². The maximum atomic E-state index is 13.4. The number of carbonyl (C=O) groups is 2. The van der Waals surface area contributed by atoms with Crippen LogP contribution in [0.3, 0.4) is 0 Å². The van der Waals surface area contributed by atoms with Crippen LogP contribution in [0.5, 0.6) is 0 Å². The van der Waals surface area contributed by atoms with Crippen molar-refractivity contribution >= 4 is 40.1 Å². The number of amides is 2. The fraction of sp³-hybridized carbons (Fsp3) is 0.200. The Kier molecular flexibility index (Phi) is 5.31. The minimum atomic E-state index is -0.334. The number of imide groups is 1. The van der Waals surface area contributed by atoms with Gasteiger partial charge in [0.15, 0.2) is 0 Å². The van der Waals surface area contributed by atoms with Gasteiger partial charge in [-0.3, -0.25) is 9.59 Å². The minimum absolute atomic E-state index is 0.300. The predicted octanol–water partition coefficient (Wildman–Crippen LogP) is 5.88. The molecule has 0 unspecified atom stereocenters. The minimum Gasteiger partial charge on any atom is -0.350 e. The summed E-state index contributed by atoms with van der Waals surface area (Å²) in [5.41, 5.74) is 5.57. The molecule has 2 amide bonds. The van der Waals surface area contributed by atoms with Gasteiger partial charge in [0.25, 0.3) is 11.8 Å². The summed E-state index contributed by atoms with van der Waals surface area (Å²) in [4.78, 5) is 28.8. The molecule has 0 aliphatic carbocycles. The van der Waals surface area contributed by atoms with Crippen molar-refractivity contribution in [2.45, 2.75) is 33.6 Å². The third-order valence-corrected chi connectivity index (χ3v) is 6.33. The molecule has 0 spiro atoms. The second-order valence-electron chi connectivity index (χ2n) is 7.84. The van der Waals surface area contributed by atoms with Crippen molar-refractivity contribution in [2.75, 3.05) is 10.2 Å². The molecule has 2 heterocycles. The third-order valence-electron chi connectivity index (χ3n) is 5.45. The molecule has 4 nitrogen and oxygen atoms in total. The molecule has 0 radical (unpaired) electrons. The molecule has 4 rings (SSSR count). The van der Waals surface area contributed by atoms with Gasteiger partial charge in [0, 0.05) is 10.6 Å². The molecule has 152 valence electrons. The number of carbonyl (C=O) groups excluding carboxylic acids is 2. The highest BCUT2D eigenvalue weighted by molar-refractivity contribution is 7.11. The van der Waals surface area contributed by atoms with Gasteiger partial charge < -0.3 is 5.32 Å². The first-order valence-electron chi connectivity index (χ1n) is 9.98. The van der Waals surface area contributed by atoms with E-state index >= 15 is 0 Å². The number of hydrogen-bond acceptors (Lipinski definition) is 4. The Hall–Kier alpha value is -3.18. The van der Waals surface area contributed by atoms with E-state index in [0.29, 0.717) is 22.9 Å². The number of anilines is 2. The first kappa shape index (κ1) is 20.1. The van der Waals surface area contributed by atoms with E-state index in [1.165, 1.54) is 21.8 Å². The third kappa shape index (κ3) is 3.57. The number of aryl methyl sites for hydroxylation is 2. The van der Waals surface area contributed by atoms with Crippen molar-refractivity contribution in [2.24, 2.45) is 0 Å². The quantitative estimate of drug-likeness (QED) is 0.528. The summed E-state index contributed by atoms with van der Waals surface area (Å²) >= 11 is 1.45. The second-order valence-corrected chi connectivity index (χ2v) is 8.79. The van der Waals surface area contributed by atoms with Gasteiger partial charge in [-0.1, -0.05) is 38.1 Å². The Morgan fingerprint density at radius 3 is 2.23 bits per heavy atom. The first-order chi connectivity index (χ1) is 14.4. The van der Waals surface area contributed by atoms with Crippen LogP contribution in [0.15, 0.2) is 65.7 Å². The van der Waals surface area contributed by atoms with Crippen LogP contribution in [-0.4, -0.2) is 11.8 Å². The molecule has 30 heavy (non-hydrogen) atoms. The molecular formula is C25H24N2O2S. The molecule has 3 aromatic rings. The summed E-state index contributed by atoms with van der Waals surface area (Å²) in [6, 6.07) is 17.3. The van der Waals surface area contributed by atoms with Gasteiger partial charge in [-0.15, -0.1) is 11.3 Å². The fourth-order valence-electron chi connectivity index (χ4n) is 3.50. The van der Waals surface area contributed by atoms with Crippen LogP contribution in [0.1, 0.15) is 41.3 Å². The van der Waals surface area contributed by atoms with Crippen molar-refractivity contribution < 1.29 is 9.59 Å². The van der Waals surface area contributed by atoms with Crippen LogP contribution in [0.2, 0.25) is 0 Å². The van der Waals surface area contributed by atoms with Crippen LogP contribution >= 0.6 is 11.3 Å². The maximum Gasteiger partial charge on any atom is 0.282 e. The Bertz CT molecular complexity index is 1140. The van der Waals surface area contributed by atoms with Crippen LogP contribution in [0.4, 0.5) is 11.4 Å². The van der Waals surface area contributed by atoms with Gasteiger partial charge in [-0.25, -0.2) is 4.90 Å². The summed E-state index contributed by atoms with van der Waals surface area (Å²) in [7, 11) is 0.